The Morgan fingerprint density at radius 3 is 2.61 bits per heavy atom. The summed E-state index contributed by atoms with van der Waals surface area (Å²) in [5.74, 6) is 0.795. The lowest BCUT2D eigenvalue weighted by atomic mass is 10.2. The molecule has 4 nitrogen and oxygen atoms in total. The van der Waals surface area contributed by atoms with Gasteiger partial charge in [-0.15, -0.1) is 0 Å². The zero-order valence-electron chi connectivity index (χ0n) is 11.2. The van der Waals surface area contributed by atoms with Gasteiger partial charge in [-0.2, -0.15) is 0 Å². The van der Waals surface area contributed by atoms with Crippen LogP contribution in [0.15, 0.2) is 24.3 Å². The number of hydrogen-bond donors (Lipinski definition) is 2. The number of aliphatic hydroxyl groups is 1. The Balaban J connectivity index is 2.28. The third-order valence-corrected chi connectivity index (χ3v) is 2.65. The number of methoxy groups -OCH3 is 1. The van der Waals surface area contributed by atoms with E-state index in [0.29, 0.717) is 13.0 Å². The van der Waals surface area contributed by atoms with E-state index in [1.54, 1.807) is 7.11 Å². The number of benzene rings is 1. The molecule has 0 amide bonds. The van der Waals surface area contributed by atoms with Crippen LogP contribution in [0.5, 0.6) is 5.75 Å². The molecule has 1 aromatic rings. The molecule has 0 aliphatic heterocycles. The summed E-state index contributed by atoms with van der Waals surface area (Å²) in [4.78, 5) is 0. The smallest absolute Gasteiger partial charge is 0.119 e. The Hall–Kier alpha value is -1.10. The highest BCUT2D eigenvalue weighted by atomic mass is 16.5. The van der Waals surface area contributed by atoms with E-state index in [4.69, 9.17) is 9.47 Å². The van der Waals surface area contributed by atoms with E-state index in [0.717, 1.165) is 25.4 Å². The fourth-order valence-electron chi connectivity index (χ4n) is 1.42. The fourth-order valence-corrected chi connectivity index (χ4v) is 1.42. The van der Waals surface area contributed by atoms with Gasteiger partial charge in [-0.05, 0) is 24.1 Å². The molecule has 0 saturated carbocycles. The SMILES string of the molecule is CCC(O)COc1ccc(CNCCOC)cc1. The van der Waals surface area contributed by atoms with Gasteiger partial charge in [-0.25, -0.2) is 0 Å². The molecule has 0 fully saturated rings. The molecule has 102 valence electrons. The van der Waals surface area contributed by atoms with Crippen LogP contribution in [0.3, 0.4) is 0 Å². The predicted molar refractivity (Wildman–Crippen MR) is 71.8 cm³/mol. The molecule has 0 radical (unpaired) electrons. The largest absolute Gasteiger partial charge is 0.491 e. The first-order valence-corrected chi connectivity index (χ1v) is 6.35. The Bertz CT molecular complexity index is 313. The van der Waals surface area contributed by atoms with Crippen molar-refractivity contribution in [1.29, 1.82) is 0 Å². The van der Waals surface area contributed by atoms with Gasteiger partial charge in [-0.3, -0.25) is 0 Å². The maximum absolute atomic E-state index is 9.39. The van der Waals surface area contributed by atoms with Gasteiger partial charge < -0.3 is 19.9 Å². The second kappa shape index (κ2) is 8.91. The minimum Gasteiger partial charge on any atom is -0.491 e. The van der Waals surface area contributed by atoms with Crippen molar-refractivity contribution in [2.24, 2.45) is 0 Å². The van der Waals surface area contributed by atoms with Crippen molar-refractivity contribution in [3.05, 3.63) is 29.8 Å². The average molecular weight is 253 g/mol. The van der Waals surface area contributed by atoms with Crippen LogP contribution in [0, 0.1) is 0 Å². The summed E-state index contributed by atoms with van der Waals surface area (Å²) in [6.07, 6.45) is 0.321. The van der Waals surface area contributed by atoms with Gasteiger partial charge in [0.2, 0.25) is 0 Å². The van der Waals surface area contributed by atoms with Crippen LogP contribution in [-0.2, 0) is 11.3 Å². The van der Waals surface area contributed by atoms with Crippen molar-refractivity contribution in [2.45, 2.75) is 26.0 Å². The number of ether oxygens (including phenoxy) is 2. The van der Waals surface area contributed by atoms with Gasteiger partial charge in [0.15, 0.2) is 0 Å². The molecular formula is C14H23NO3. The molecule has 0 spiro atoms. The highest BCUT2D eigenvalue weighted by molar-refractivity contribution is 5.27. The molecular weight excluding hydrogens is 230 g/mol. The van der Waals surface area contributed by atoms with Gasteiger partial charge in [0.1, 0.15) is 12.4 Å². The number of nitrogens with one attached hydrogen (secondary N) is 1. The Morgan fingerprint density at radius 1 is 1.28 bits per heavy atom. The maximum Gasteiger partial charge on any atom is 0.119 e. The lowest BCUT2D eigenvalue weighted by molar-refractivity contribution is 0.104. The molecule has 2 N–H and O–H groups in total. The molecule has 0 aromatic heterocycles. The Labute approximate surface area is 109 Å². The maximum atomic E-state index is 9.39. The highest BCUT2D eigenvalue weighted by Gasteiger charge is 2.01. The summed E-state index contributed by atoms with van der Waals surface area (Å²) in [7, 11) is 1.69. The molecule has 0 aliphatic rings. The van der Waals surface area contributed by atoms with E-state index in [1.807, 2.05) is 31.2 Å². The van der Waals surface area contributed by atoms with Gasteiger partial charge in [0.05, 0.1) is 12.7 Å². The van der Waals surface area contributed by atoms with Crippen LogP contribution in [0.2, 0.25) is 0 Å². The summed E-state index contributed by atoms with van der Waals surface area (Å²) >= 11 is 0. The molecule has 1 unspecified atom stereocenters. The third kappa shape index (κ3) is 6.00. The number of aliphatic hydroxyl groups excluding tert-OH is 1. The second-order valence-electron chi connectivity index (χ2n) is 4.19. The van der Waals surface area contributed by atoms with Crippen molar-refractivity contribution in [3.63, 3.8) is 0 Å². The van der Waals surface area contributed by atoms with Gasteiger partial charge in [-0.1, -0.05) is 19.1 Å². The summed E-state index contributed by atoms with van der Waals surface area (Å²) < 4.78 is 10.4. The summed E-state index contributed by atoms with van der Waals surface area (Å²) in [5, 5.41) is 12.7. The Kier molecular flexibility index (Phi) is 7.41. The van der Waals surface area contributed by atoms with Crippen LogP contribution < -0.4 is 10.1 Å². The molecule has 0 bridgehead atoms. The van der Waals surface area contributed by atoms with E-state index in [2.05, 4.69) is 5.32 Å². The zero-order chi connectivity index (χ0) is 13.2. The summed E-state index contributed by atoms with van der Waals surface area (Å²) in [5.41, 5.74) is 1.20. The molecule has 1 rings (SSSR count). The van der Waals surface area contributed by atoms with Crippen molar-refractivity contribution < 1.29 is 14.6 Å². The lowest BCUT2D eigenvalue weighted by Gasteiger charge is -2.11. The lowest BCUT2D eigenvalue weighted by Crippen LogP contribution is -2.18. The molecule has 1 aromatic carbocycles. The first-order chi connectivity index (χ1) is 8.76. The minimum absolute atomic E-state index is 0.349. The zero-order valence-corrected chi connectivity index (χ0v) is 11.2. The Morgan fingerprint density at radius 2 is 2.00 bits per heavy atom. The van der Waals surface area contributed by atoms with E-state index in [9.17, 15) is 5.11 Å². The quantitative estimate of drug-likeness (QED) is 0.656. The average Bonchev–Trinajstić information content (AvgIpc) is 2.42. The number of hydrogen-bond acceptors (Lipinski definition) is 4. The second-order valence-corrected chi connectivity index (χ2v) is 4.19. The molecule has 0 aliphatic carbocycles. The van der Waals surface area contributed by atoms with E-state index in [-0.39, 0.29) is 6.10 Å². The van der Waals surface area contributed by atoms with Crippen LogP contribution >= 0.6 is 0 Å². The highest BCUT2D eigenvalue weighted by Crippen LogP contribution is 2.12. The summed E-state index contributed by atoms with van der Waals surface area (Å²) in [6, 6.07) is 7.90. The van der Waals surface area contributed by atoms with E-state index >= 15 is 0 Å². The van der Waals surface area contributed by atoms with E-state index < -0.39 is 0 Å². The molecule has 0 saturated heterocycles. The minimum atomic E-state index is -0.389. The van der Waals surface area contributed by atoms with Crippen molar-refractivity contribution >= 4 is 0 Å². The first kappa shape index (κ1) is 15.0. The molecule has 0 heterocycles. The monoisotopic (exact) mass is 253 g/mol. The van der Waals surface area contributed by atoms with Gasteiger partial charge >= 0.3 is 0 Å². The molecule has 4 heteroatoms. The van der Waals surface area contributed by atoms with Crippen molar-refractivity contribution in [3.8, 4) is 5.75 Å². The van der Waals surface area contributed by atoms with Crippen LogP contribution in [0.1, 0.15) is 18.9 Å². The first-order valence-electron chi connectivity index (χ1n) is 6.35. The predicted octanol–water partition coefficient (Wildman–Crippen LogP) is 1.57. The van der Waals surface area contributed by atoms with Crippen molar-refractivity contribution in [2.75, 3.05) is 26.9 Å². The van der Waals surface area contributed by atoms with Crippen molar-refractivity contribution in [1.82, 2.24) is 5.32 Å². The van der Waals surface area contributed by atoms with Gasteiger partial charge in [0, 0.05) is 20.2 Å². The van der Waals surface area contributed by atoms with Crippen LogP contribution in [0.4, 0.5) is 0 Å². The van der Waals surface area contributed by atoms with Crippen LogP contribution in [0.25, 0.3) is 0 Å². The molecule has 18 heavy (non-hydrogen) atoms. The topological polar surface area (TPSA) is 50.7 Å². The number of rotatable bonds is 9. The molecule has 1 atom stereocenters. The van der Waals surface area contributed by atoms with E-state index in [1.165, 1.54) is 5.56 Å². The normalized spacial score (nSPS) is 12.4. The standard InChI is InChI=1S/C14H23NO3/c1-3-13(16)11-18-14-6-4-12(5-7-14)10-15-8-9-17-2/h4-7,13,15-16H,3,8-11H2,1-2H3. The summed E-state index contributed by atoms with van der Waals surface area (Å²) in [6.45, 7) is 4.67. The fraction of sp³-hybridized carbons (Fsp3) is 0.571. The third-order valence-electron chi connectivity index (χ3n) is 2.65. The van der Waals surface area contributed by atoms with Crippen LogP contribution in [-0.4, -0.2) is 38.1 Å². The van der Waals surface area contributed by atoms with Gasteiger partial charge in [0.25, 0.3) is 0 Å².